The van der Waals surface area contributed by atoms with E-state index in [-0.39, 0.29) is 18.2 Å². The van der Waals surface area contributed by atoms with Crippen molar-refractivity contribution in [3.05, 3.63) is 42.3 Å². The number of rotatable bonds is 7. The molecule has 9 heteroatoms. The van der Waals surface area contributed by atoms with Crippen LogP contribution in [0.3, 0.4) is 0 Å². The van der Waals surface area contributed by atoms with Gasteiger partial charge in [0.05, 0.1) is 34.4 Å². The number of ether oxygens (including phenoxy) is 4. The molecule has 9 nitrogen and oxygen atoms in total. The summed E-state index contributed by atoms with van der Waals surface area (Å²) in [6, 6.07) is 10.8. The van der Waals surface area contributed by atoms with Crippen molar-refractivity contribution in [2.24, 2.45) is 0 Å². The van der Waals surface area contributed by atoms with Gasteiger partial charge in [0.2, 0.25) is 17.6 Å². The highest BCUT2D eigenvalue weighted by Crippen LogP contribution is 2.37. The zero-order valence-electron chi connectivity index (χ0n) is 17.7. The van der Waals surface area contributed by atoms with Crippen LogP contribution in [0.25, 0.3) is 11.4 Å². The predicted octanol–water partition coefficient (Wildman–Crippen LogP) is 3.29. The fourth-order valence-corrected chi connectivity index (χ4v) is 3.61. The average Bonchev–Trinajstić information content (AvgIpc) is 3.45. The van der Waals surface area contributed by atoms with Crippen LogP contribution in [0, 0.1) is 0 Å². The van der Waals surface area contributed by atoms with Gasteiger partial charge in [-0.15, -0.1) is 0 Å². The molecule has 1 aliphatic heterocycles. The molecule has 31 heavy (non-hydrogen) atoms. The molecular weight excluding hydrogens is 402 g/mol. The van der Waals surface area contributed by atoms with Crippen molar-refractivity contribution in [1.29, 1.82) is 0 Å². The lowest BCUT2D eigenvalue weighted by atomic mass is 10.1. The Morgan fingerprint density at radius 3 is 2.23 bits per heavy atom. The highest BCUT2D eigenvalue weighted by atomic mass is 16.5. The molecule has 1 fully saturated rings. The molecule has 1 aromatic heterocycles. The van der Waals surface area contributed by atoms with Gasteiger partial charge in [-0.2, -0.15) is 4.98 Å². The summed E-state index contributed by atoms with van der Waals surface area (Å²) >= 11 is 0. The van der Waals surface area contributed by atoms with Crippen molar-refractivity contribution < 1.29 is 28.3 Å². The van der Waals surface area contributed by atoms with Gasteiger partial charge >= 0.3 is 0 Å². The number of carbonyl (C=O) groups is 1. The third kappa shape index (κ3) is 3.86. The van der Waals surface area contributed by atoms with E-state index < -0.39 is 0 Å². The topological polar surface area (TPSA) is 96.2 Å². The molecule has 162 valence electrons. The third-order valence-electron chi connectivity index (χ3n) is 5.24. The van der Waals surface area contributed by atoms with Gasteiger partial charge in [-0.3, -0.25) is 4.79 Å². The number of hydrogen-bond donors (Lipinski definition) is 0. The summed E-state index contributed by atoms with van der Waals surface area (Å²) in [5.41, 5.74) is 1.46. The number of aromatic nitrogens is 2. The van der Waals surface area contributed by atoms with E-state index in [0.717, 1.165) is 11.3 Å². The molecule has 0 spiro atoms. The Morgan fingerprint density at radius 2 is 1.55 bits per heavy atom. The predicted molar refractivity (Wildman–Crippen MR) is 112 cm³/mol. The summed E-state index contributed by atoms with van der Waals surface area (Å²) in [6.07, 6.45) is 0.280. The zero-order valence-corrected chi connectivity index (χ0v) is 17.7. The van der Waals surface area contributed by atoms with Crippen molar-refractivity contribution in [1.82, 2.24) is 10.1 Å². The molecule has 0 aliphatic carbocycles. The van der Waals surface area contributed by atoms with Crippen LogP contribution in [-0.4, -0.2) is 51.0 Å². The van der Waals surface area contributed by atoms with E-state index in [4.69, 9.17) is 23.5 Å². The normalized spacial score (nSPS) is 15.8. The van der Waals surface area contributed by atoms with Crippen LogP contribution in [0.4, 0.5) is 5.69 Å². The van der Waals surface area contributed by atoms with E-state index in [0.29, 0.717) is 41.3 Å². The Morgan fingerprint density at radius 1 is 0.903 bits per heavy atom. The summed E-state index contributed by atoms with van der Waals surface area (Å²) in [6.45, 7) is 0.432. The molecule has 1 aliphatic rings. The van der Waals surface area contributed by atoms with Crippen LogP contribution in [0.15, 0.2) is 40.9 Å². The van der Waals surface area contributed by atoms with Crippen molar-refractivity contribution in [3.8, 4) is 34.4 Å². The molecule has 2 heterocycles. The number of hydrogen-bond acceptors (Lipinski definition) is 8. The molecule has 0 saturated carbocycles. The number of carbonyl (C=O) groups excluding carboxylic acids is 1. The van der Waals surface area contributed by atoms with Gasteiger partial charge in [0.15, 0.2) is 23.0 Å². The van der Waals surface area contributed by atoms with Crippen LogP contribution >= 0.6 is 0 Å². The van der Waals surface area contributed by atoms with Gasteiger partial charge in [0, 0.05) is 30.3 Å². The second-order valence-electron chi connectivity index (χ2n) is 6.97. The molecule has 0 N–H and O–H groups in total. The second-order valence-corrected chi connectivity index (χ2v) is 6.97. The minimum absolute atomic E-state index is 0.0249. The molecule has 0 radical (unpaired) electrons. The Labute approximate surface area is 179 Å². The Bertz CT molecular complexity index is 1100. The van der Waals surface area contributed by atoms with Crippen LogP contribution in [0.2, 0.25) is 0 Å². The summed E-state index contributed by atoms with van der Waals surface area (Å²) in [5.74, 6) is 2.96. The summed E-state index contributed by atoms with van der Waals surface area (Å²) < 4.78 is 26.7. The first-order valence-electron chi connectivity index (χ1n) is 9.66. The summed E-state index contributed by atoms with van der Waals surface area (Å²) in [5, 5.41) is 4.09. The highest BCUT2D eigenvalue weighted by Gasteiger charge is 2.35. The number of nitrogens with zero attached hydrogens (tertiary/aromatic N) is 3. The van der Waals surface area contributed by atoms with Crippen molar-refractivity contribution in [2.45, 2.75) is 12.3 Å². The van der Waals surface area contributed by atoms with Gasteiger partial charge in [0.1, 0.15) is 0 Å². The first-order chi connectivity index (χ1) is 15.1. The van der Waals surface area contributed by atoms with Gasteiger partial charge in [-0.25, -0.2) is 0 Å². The lowest BCUT2D eigenvalue weighted by molar-refractivity contribution is -0.117. The minimum atomic E-state index is -0.206. The number of anilines is 1. The summed E-state index contributed by atoms with van der Waals surface area (Å²) in [7, 11) is 6.27. The maximum atomic E-state index is 12.7. The first kappa shape index (κ1) is 20.5. The number of methoxy groups -OCH3 is 4. The van der Waals surface area contributed by atoms with Gasteiger partial charge in [-0.05, 0) is 30.3 Å². The molecule has 3 aromatic rings. The molecule has 1 saturated heterocycles. The smallest absolute Gasteiger partial charge is 0.232 e. The molecule has 0 unspecified atom stereocenters. The van der Waals surface area contributed by atoms with Gasteiger partial charge < -0.3 is 28.4 Å². The maximum Gasteiger partial charge on any atom is 0.232 e. The monoisotopic (exact) mass is 425 g/mol. The van der Waals surface area contributed by atoms with E-state index in [9.17, 15) is 4.79 Å². The van der Waals surface area contributed by atoms with Gasteiger partial charge in [0.25, 0.3) is 0 Å². The first-order valence-corrected chi connectivity index (χ1v) is 9.66. The van der Waals surface area contributed by atoms with Crippen LogP contribution in [0.1, 0.15) is 18.2 Å². The Hall–Kier alpha value is -3.75. The number of benzene rings is 2. The van der Waals surface area contributed by atoms with Crippen LogP contribution < -0.4 is 23.8 Å². The fourth-order valence-electron chi connectivity index (χ4n) is 3.61. The Kier molecular flexibility index (Phi) is 5.66. The Balaban J connectivity index is 1.55. The fraction of sp³-hybridized carbons (Fsp3) is 0.318. The van der Waals surface area contributed by atoms with Crippen molar-refractivity contribution in [2.75, 3.05) is 39.9 Å². The molecular formula is C22H23N3O6. The van der Waals surface area contributed by atoms with Gasteiger partial charge in [-0.1, -0.05) is 5.16 Å². The van der Waals surface area contributed by atoms with Crippen molar-refractivity contribution in [3.63, 3.8) is 0 Å². The molecule has 1 amide bonds. The lowest BCUT2D eigenvalue weighted by Gasteiger charge is -2.18. The minimum Gasteiger partial charge on any atom is -0.493 e. The van der Waals surface area contributed by atoms with E-state index in [2.05, 4.69) is 10.1 Å². The molecule has 4 rings (SSSR count). The molecule has 2 aromatic carbocycles. The van der Waals surface area contributed by atoms with E-state index in [1.165, 1.54) is 0 Å². The maximum absolute atomic E-state index is 12.7. The average molecular weight is 425 g/mol. The molecule has 1 atom stereocenters. The van der Waals surface area contributed by atoms with E-state index in [1.807, 2.05) is 12.1 Å². The largest absolute Gasteiger partial charge is 0.493 e. The summed E-state index contributed by atoms with van der Waals surface area (Å²) in [4.78, 5) is 18.9. The van der Waals surface area contributed by atoms with Crippen LogP contribution in [-0.2, 0) is 4.79 Å². The van der Waals surface area contributed by atoms with E-state index in [1.54, 1.807) is 57.6 Å². The van der Waals surface area contributed by atoms with E-state index >= 15 is 0 Å². The van der Waals surface area contributed by atoms with Crippen LogP contribution in [0.5, 0.6) is 23.0 Å². The number of amides is 1. The lowest BCUT2D eigenvalue weighted by Crippen LogP contribution is -2.24. The highest BCUT2D eigenvalue weighted by molar-refractivity contribution is 5.96. The quantitative estimate of drug-likeness (QED) is 0.569. The zero-order chi connectivity index (χ0) is 22.0. The standard InChI is InChI=1S/C22H23N3O6/c1-27-16-7-5-13(9-18(16)29-3)21-23-22(31-24-21)14-10-20(26)25(12-14)15-6-8-17(28-2)19(11-15)30-4/h5-9,11,14H,10,12H2,1-4H3/t14-/m1/s1. The van der Waals surface area contributed by atoms with Crippen molar-refractivity contribution >= 4 is 11.6 Å². The SMILES string of the molecule is COc1ccc(-c2noc([C@@H]3CC(=O)N(c4ccc(OC)c(OC)c4)C3)n2)cc1OC. The molecule has 0 bridgehead atoms. The second kappa shape index (κ2) is 8.55. The third-order valence-corrected chi connectivity index (χ3v) is 5.24.